The maximum absolute atomic E-state index is 12.5. The minimum atomic E-state index is -3.68. The van der Waals surface area contributed by atoms with E-state index < -0.39 is 10.0 Å². The summed E-state index contributed by atoms with van der Waals surface area (Å²) in [5.74, 6) is 1.31. The van der Waals surface area contributed by atoms with E-state index in [1.165, 1.54) is 23.5 Å². The van der Waals surface area contributed by atoms with E-state index in [9.17, 15) is 8.42 Å². The summed E-state index contributed by atoms with van der Waals surface area (Å²) in [6.07, 6.45) is 0. The van der Waals surface area contributed by atoms with Crippen LogP contribution in [0.3, 0.4) is 0 Å². The number of rotatable bonds is 4. The zero-order chi connectivity index (χ0) is 15.8. The Morgan fingerprint density at radius 1 is 1.29 bits per heavy atom. The van der Waals surface area contributed by atoms with Crippen LogP contribution in [0, 0.1) is 13.8 Å². The van der Waals surface area contributed by atoms with E-state index in [0.29, 0.717) is 22.0 Å². The molecule has 0 aliphatic carbocycles. The zero-order valence-electron chi connectivity index (χ0n) is 12.1. The van der Waals surface area contributed by atoms with Crippen LogP contribution in [0.1, 0.15) is 17.1 Å². The fourth-order valence-electron chi connectivity index (χ4n) is 1.88. The number of furan rings is 1. The molecular formula is C14H17ClN2O3S. The molecule has 5 nitrogen and oxygen atoms in total. The molecule has 1 aromatic heterocycles. The van der Waals surface area contributed by atoms with Crippen LogP contribution in [0.5, 0.6) is 0 Å². The summed E-state index contributed by atoms with van der Waals surface area (Å²) in [6, 6.07) is 6.36. The van der Waals surface area contributed by atoms with Gasteiger partial charge in [0, 0.05) is 17.8 Å². The van der Waals surface area contributed by atoms with Crippen molar-refractivity contribution in [2.45, 2.75) is 25.3 Å². The molecule has 2 aromatic rings. The molecule has 0 spiro atoms. The van der Waals surface area contributed by atoms with Crippen LogP contribution in [0.4, 0.5) is 5.69 Å². The van der Waals surface area contributed by atoms with Crippen molar-refractivity contribution in [2.24, 2.45) is 0 Å². The third kappa shape index (κ3) is 3.23. The quantitative estimate of drug-likeness (QED) is 0.875. The number of sulfonamides is 1. The highest BCUT2D eigenvalue weighted by Crippen LogP contribution is 2.28. The Kier molecular flexibility index (Phi) is 4.32. The first-order chi connectivity index (χ1) is 9.71. The number of benzene rings is 1. The molecule has 0 aliphatic rings. The molecule has 0 atom stereocenters. The summed E-state index contributed by atoms with van der Waals surface area (Å²) < 4.78 is 31.7. The monoisotopic (exact) mass is 328 g/mol. The van der Waals surface area contributed by atoms with Crippen LogP contribution in [-0.2, 0) is 16.6 Å². The Bertz CT molecular complexity index is 745. The van der Waals surface area contributed by atoms with Gasteiger partial charge in [-0.3, -0.25) is 0 Å². The molecule has 0 saturated carbocycles. The van der Waals surface area contributed by atoms with E-state index in [2.05, 4.69) is 0 Å². The maximum Gasteiger partial charge on any atom is 0.243 e. The summed E-state index contributed by atoms with van der Waals surface area (Å²) in [6.45, 7) is 3.68. The molecule has 1 aromatic carbocycles. The SMILES string of the molecule is Cc1ccc(CN(C)S(=O)(=O)c2cc(N)c(C)c(Cl)c2)o1. The first-order valence-electron chi connectivity index (χ1n) is 6.29. The van der Waals surface area contributed by atoms with Crippen LogP contribution in [0.2, 0.25) is 5.02 Å². The number of nitrogen functional groups attached to an aromatic ring is 1. The van der Waals surface area contributed by atoms with E-state index in [4.69, 9.17) is 21.8 Å². The lowest BCUT2D eigenvalue weighted by Gasteiger charge is -2.17. The van der Waals surface area contributed by atoms with Gasteiger partial charge in [-0.2, -0.15) is 4.31 Å². The highest BCUT2D eigenvalue weighted by molar-refractivity contribution is 7.89. The number of hydrogen-bond acceptors (Lipinski definition) is 4. The lowest BCUT2D eigenvalue weighted by Crippen LogP contribution is -2.26. The van der Waals surface area contributed by atoms with E-state index in [0.717, 1.165) is 5.76 Å². The number of aryl methyl sites for hydroxylation is 1. The number of halogens is 1. The standard InChI is InChI=1S/C14H17ClN2O3S/c1-9-4-5-11(20-9)8-17(3)21(18,19)12-6-13(15)10(2)14(16)7-12/h4-7H,8,16H2,1-3H3. The Labute approximate surface area is 129 Å². The van der Waals surface area contributed by atoms with Gasteiger partial charge in [-0.05, 0) is 43.7 Å². The summed E-state index contributed by atoms with van der Waals surface area (Å²) >= 11 is 6.01. The van der Waals surface area contributed by atoms with Gasteiger partial charge in [-0.25, -0.2) is 8.42 Å². The van der Waals surface area contributed by atoms with Gasteiger partial charge in [0.2, 0.25) is 10.0 Å². The highest BCUT2D eigenvalue weighted by atomic mass is 35.5. The van der Waals surface area contributed by atoms with Gasteiger partial charge < -0.3 is 10.2 Å². The van der Waals surface area contributed by atoms with E-state index in [-0.39, 0.29) is 11.4 Å². The van der Waals surface area contributed by atoms with Crippen molar-refractivity contribution in [3.63, 3.8) is 0 Å². The molecule has 0 amide bonds. The minimum absolute atomic E-state index is 0.0707. The predicted octanol–water partition coefficient (Wildman–Crippen LogP) is 2.95. The van der Waals surface area contributed by atoms with E-state index in [1.54, 1.807) is 26.0 Å². The Morgan fingerprint density at radius 2 is 1.95 bits per heavy atom. The molecule has 0 fully saturated rings. The van der Waals surface area contributed by atoms with Crippen molar-refractivity contribution < 1.29 is 12.8 Å². The second-order valence-corrected chi connectivity index (χ2v) is 7.34. The molecule has 21 heavy (non-hydrogen) atoms. The summed E-state index contributed by atoms with van der Waals surface area (Å²) in [5, 5.41) is 0.329. The third-order valence-electron chi connectivity index (χ3n) is 3.24. The second kappa shape index (κ2) is 5.71. The summed E-state index contributed by atoms with van der Waals surface area (Å²) in [7, 11) is -2.20. The van der Waals surface area contributed by atoms with Crippen LogP contribution < -0.4 is 5.73 Å². The number of nitrogens with zero attached hydrogens (tertiary/aromatic N) is 1. The number of nitrogens with two attached hydrogens (primary N) is 1. The summed E-state index contributed by atoms with van der Waals surface area (Å²) in [5.41, 5.74) is 6.81. The van der Waals surface area contributed by atoms with Crippen LogP contribution in [0.15, 0.2) is 33.6 Å². The van der Waals surface area contributed by atoms with E-state index in [1.807, 2.05) is 0 Å². The Balaban J connectivity index is 2.33. The van der Waals surface area contributed by atoms with Gasteiger partial charge in [0.15, 0.2) is 0 Å². The van der Waals surface area contributed by atoms with Crippen molar-refractivity contribution in [3.05, 3.63) is 46.4 Å². The molecular weight excluding hydrogens is 312 g/mol. The van der Waals surface area contributed by atoms with Gasteiger partial charge >= 0.3 is 0 Å². The maximum atomic E-state index is 12.5. The molecule has 2 rings (SSSR count). The average molecular weight is 329 g/mol. The molecule has 0 aliphatic heterocycles. The van der Waals surface area contributed by atoms with Gasteiger partial charge in [-0.15, -0.1) is 0 Å². The molecule has 0 bridgehead atoms. The van der Waals surface area contributed by atoms with Crippen molar-refractivity contribution in [1.82, 2.24) is 4.31 Å². The second-order valence-electron chi connectivity index (χ2n) is 4.89. The highest BCUT2D eigenvalue weighted by Gasteiger charge is 2.23. The fourth-order valence-corrected chi connectivity index (χ4v) is 3.37. The molecule has 0 unspecified atom stereocenters. The Morgan fingerprint density at radius 3 is 2.48 bits per heavy atom. The van der Waals surface area contributed by atoms with Gasteiger partial charge in [-0.1, -0.05) is 11.6 Å². The average Bonchev–Trinajstić information content (AvgIpc) is 2.80. The van der Waals surface area contributed by atoms with Crippen molar-refractivity contribution in [1.29, 1.82) is 0 Å². The minimum Gasteiger partial charge on any atom is -0.465 e. The van der Waals surface area contributed by atoms with E-state index >= 15 is 0 Å². The zero-order valence-corrected chi connectivity index (χ0v) is 13.6. The van der Waals surface area contributed by atoms with Crippen molar-refractivity contribution in [3.8, 4) is 0 Å². The molecule has 2 N–H and O–H groups in total. The summed E-state index contributed by atoms with van der Waals surface area (Å²) in [4.78, 5) is 0.0707. The molecule has 1 heterocycles. The number of anilines is 1. The van der Waals surface area contributed by atoms with Crippen molar-refractivity contribution in [2.75, 3.05) is 12.8 Å². The normalized spacial score (nSPS) is 12.0. The molecule has 114 valence electrons. The van der Waals surface area contributed by atoms with Gasteiger partial charge in [0.1, 0.15) is 11.5 Å². The van der Waals surface area contributed by atoms with Gasteiger partial charge in [0.25, 0.3) is 0 Å². The lowest BCUT2D eigenvalue weighted by molar-refractivity contribution is 0.397. The van der Waals surface area contributed by atoms with Crippen LogP contribution >= 0.6 is 11.6 Å². The van der Waals surface area contributed by atoms with Crippen molar-refractivity contribution >= 4 is 27.3 Å². The fraction of sp³-hybridized carbons (Fsp3) is 0.286. The smallest absolute Gasteiger partial charge is 0.243 e. The number of hydrogen-bond donors (Lipinski definition) is 1. The Hall–Kier alpha value is -1.50. The van der Waals surface area contributed by atoms with Gasteiger partial charge in [0.05, 0.1) is 11.4 Å². The third-order valence-corrected chi connectivity index (χ3v) is 5.41. The first-order valence-corrected chi connectivity index (χ1v) is 8.11. The predicted molar refractivity (Wildman–Crippen MR) is 82.7 cm³/mol. The largest absolute Gasteiger partial charge is 0.465 e. The van der Waals surface area contributed by atoms with Crippen LogP contribution in [-0.4, -0.2) is 19.8 Å². The molecule has 7 heteroatoms. The topological polar surface area (TPSA) is 76.5 Å². The first kappa shape index (κ1) is 15.9. The molecule has 0 radical (unpaired) electrons. The molecule has 0 saturated heterocycles. The lowest BCUT2D eigenvalue weighted by atomic mass is 10.2. The van der Waals surface area contributed by atoms with Crippen LogP contribution in [0.25, 0.3) is 0 Å².